The minimum absolute atomic E-state index is 0.107. The third kappa shape index (κ3) is 5.76. The molecule has 0 aliphatic carbocycles. The van der Waals surface area contributed by atoms with Crippen LogP contribution in [-0.4, -0.2) is 18.2 Å². The van der Waals surface area contributed by atoms with Gasteiger partial charge in [-0.25, -0.2) is 0 Å². The Bertz CT molecular complexity index is 666. The third-order valence-electron chi connectivity index (χ3n) is 3.94. The molecule has 122 valence electrons. The predicted octanol–water partition coefficient (Wildman–Crippen LogP) is 4.20. The van der Waals surface area contributed by atoms with Crippen LogP contribution in [0.1, 0.15) is 27.8 Å². The second kappa shape index (κ2) is 8.78. The molecule has 0 unspecified atom stereocenters. The molecule has 23 heavy (non-hydrogen) atoms. The second-order valence-electron chi connectivity index (χ2n) is 5.94. The summed E-state index contributed by atoms with van der Waals surface area (Å²) in [6.45, 7) is 6.98. The van der Waals surface area contributed by atoms with Crippen molar-refractivity contribution < 1.29 is 4.79 Å². The van der Waals surface area contributed by atoms with Crippen LogP contribution in [0, 0.1) is 20.8 Å². The fourth-order valence-electron chi connectivity index (χ4n) is 2.44. The van der Waals surface area contributed by atoms with Crippen molar-refractivity contribution >= 4 is 17.7 Å². The van der Waals surface area contributed by atoms with E-state index in [4.69, 9.17) is 0 Å². The molecule has 1 amide bonds. The smallest absolute Gasteiger partial charge is 0.224 e. The molecule has 0 aromatic heterocycles. The van der Waals surface area contributed by atoms with Gasteiger partial charge in [0, 0.05) is 18.1 Å². The van der Waals surface area contributed by atoms with Crippen molar-refractivity contribution in [1.82, 2.24) is 5.32 Å². The first-order valence-electron chi connectivity index (χ1n) is 8.01. The fraction of sp³-hybridized carbons (Fsp3) is 0.350. The first-order chi connectivity index (χ1) is 11.1. The molecule has 0 aliphatic heterocycles. The van der Waals surface area contributed by atoms with E-state index < -0.39 is 0 Å². The Morgan fingerprint density at radius 1 is 1.00 bits per heavy atom. The minimum Gasteiger partial charge on any atom is -0.355 e. The summed E-state index contributed by atoms with van der Waals surface area (Å²) in [5.41, 5.74) is 6.21. The van der Waals surface area contributed by atoms with Crippen LogP contribution in [0.2, 0.25) is 0 Å². The van der Waals surface area contributed by atoms with Crippen LogP contribution in [0.5, 0.6) is 0 Å². The highest BCUT2D eigenvalue weighted by molar-refractivity contribution is 7.98. The molecular weight excluding hydrogens is 302 g/mol. The van der Waals surface area contributed by atoms with Crippen LogP contribution in [0.4, 0.5) is 0 Å². The number of aryl methyl sites for hydroxylation is 3. The largest absolute Gasteiger partial charge is 0.355 e. The molecule has 0 saturated heterocycles. The number of amides is 1. The maximum Gasteiger partial charge on any atom is 0.224 e. The van der Waals surface area contributed by atoms with E-state index in [2.05, 4.69) is 68.6 Å². The molecule has 0 radical (unpaired) electrons. The van der Waals surface area contributed by atoms with E-state index in [0.29, 0.717) is 6.42 Å². The molecule has 2 nitrogen and oxygen atoms in total. The average Bonchev–Trinajstić information content (AvgIpc) is 2.52. The van der Waals surface area contributed by atoms with Crippen molar-refractivity contribution in [2.45, 2.75) is 32.9 Å². The van der Waals surface area contributed by atoms with Crippen LogP contribution >= 0.6 is 11.8 Å². The Labute approximate surface area is 143 Å². The Balaban J connectivity index is 1.69. The highest BCUT2D eigenvalue weighted by Gasteiger charge is 2.06. The number of carbonyl (C=O) groups is 1. The highest BCUT2D eigenvalue weighted by atomic mass is 32.2. The number of carbonyl (C=O) groups excluding carboxylic acids is 1. The van der Waals surface area contributed by atoms with E-state index in [-0.39, 0.29) is 5.91 Å². The van der Waals surface area contributed by atoms with E-state index in [0.717, 1.165) is 23.6 Å². The second-order valence-corrected chi connectivity index (χ2v) is 7.04. The molecule has 2 rings (SSSR count). The molecule has 0 heterocycles. The Morgan fingerprint density at radius 3 is 2.52 bits per heavy atom. The average molecular weight is 327 g/mol. The molecule has 2 aromatic carbocycles. The van der Waals surface area contributed by atoms with Crippen molar-refractivity contribution in [2.24, 2.45) is 0 Å². The number of nitrogens with one attached hydrogen (secondary N) is 1. The van der Waals surface area contributed by atoms with E-state index in [1.807, 2.05) is 11.8 Å². The Morgan fingerprint density at radius 2 is 1.74 bits per heavy atom. The summed E-state index contributed by atoms with van der Waals surface area (Å²) >= 11 is 1.86. The van der Waals surface area contributed by atoms with Gasteiger partial charge in [-0.1, -0.05) is 48.0 Å². The van der Waals surface area contributed by atoms with Gasteiger partial charge in [0.25, 0.3) is 0 Å². The summed E-state index contributed by atoms with van der Waals surface area (Å²) in [5.74, 6) is 2.04. The molecule has 0 spiro atoms. The lowest BCUT2D eigenvalue weighted by Gasteiger charge is -2.09. The zero-order valence-electron chi connectivity index (χ0n) is 14.2. The van der Waals surface area contributed by atoms with E-state index in [9.17, 15) is 4.79 Å². The summed E-state index contributed by atoms with van der Waals surface area (Å²) in [6.07, 6.45) is 0.468. The zero-order valence-corrected chi connectivity index (χ0v) is 15.0. The van der Waals surface area contributed by atoms with E-state index in [1.165, 1.54) is 22.3 Å². The summed E-state index contributed by atoms with van der Waals surface area (Å²) < 4.78 is 0. The van der Waals surface area contributed by atoms with Crippen LogP contribution < -0.4 is 5.32 Å². The number of thioether (sulfide) groups is 1. The van der Waals surface area contributed by atoms with Gasteiger partial charge in [0.15, 0.2) is 0 Å². The number of benzene rings is 2. The zero-order chi connectivity index (χ0) is 16.7. The van der Waals surface area contributed by atoms with Gasteiger partial charge in [0.2, 0.25) is 5.91 Å². The Hall–Kier alpha value is -1.74. The van der Waals surface area contributed by atoms with Gasteiger partial charge in [-0.15, -0.1) is 0 Å². The Kier molecular flexibility index (Phi) is 6.72. The summed E-state index contributed by atoms with van der Waals surface area (Å²) in [4.78, 5) is 12.0. The minimum atomic E-state index is 0.107. The van der Waals surface area contributed by atoms with Gasteiger partial charge in [-0.2, -0.15) is 11.8 Å². The van der Waals surface area contributed by atoms with Crippen LogP contribution in [0.3, 0.4) is 0 Å². The third-order valence-corrected chi connectivity index (χ3v) is 4.95. The quantitative estimate of drug-likeness (QED) is 0.772. The number of hydrogen-bond donors (Lipinski definition) is 1. The van der Waals surface area contributed by atoms with Crippen molar-refractivity contribution in [1.29, 1.82) is 0 Å². The first kappa shape index (κ1) is 17.6. The molecule has 0 aliphatic rings. The molecule has 1 N–H and O–H groups in total. The topological polar surface area (TPSA) is 29.1 Å². The molecular formula is C20H25NOS. The van der Waals surface area contributed by atoms with Crippen LogP contribution in [0.25, 0.3) is 0 Å². The van der Waals surface area contributed by atoms with Crippen LogP contribution in [-0.2, 0) is 17.0 Å². The van der Waals surface area contributed by atoms with Gasteiger partial charge in [-0.3, -0.25) is 4.79 Å². The highest BCUT2D eigenvalue weighted by Crippen LogP contribution is 2.15. The van der Waals surface area contributed by atoms with Gasteiger partial charge >= 0.3 is 0 Å². The molecule has 0 bridgehead atoms. The van der Waals surface area contributed by atoms with Crippen molar-refractivity contribution in [3.05, 3.63) is 70.3 Å². The SMILES string of the molecule is Cc1ccc(C)c(CC(=O)NCCSCc2ccccc2C)c1. The maximum atomic E-state index is 12.0. The van der Waals surface area contributed by atoms with Gasteiger partial charge in [-0.05, 0) is 43.0 Å². The maximum absolute atomic E-state index is 12.0. The van der Waals surface area contributed by atoms with E-state index >= 15 is 0 Å². The molecule has 0 fully saturated rings. The lowest BCUT2D eigenvalue weighted by atomic mass is 10.0. The normalized spacial score (nSPS) is 10.6. The van der Waals surface area contributed by atoms with Crippen molar-refractivity contribution in [3.63, 3.8) is 0 Å². The predicted molar refractivity (Wildman–Crippen MR) is 100.0 cm³/mol. The lowest BCUT2D eigenvalue weighted by Crippen LogP contribution is -2.27. The number of hydrogen-bond acceptors (Lipinski definition) is 2. The van der Waals surface area contributed by atoms with Gasteiger partial charge < -0.3 is 5.32 Å². The lowest BCUT2D eigenvalue weighted by molar-refractivity contribution is -0.120. The molecule has 3 heteroatoms. The first-order valence-corrected chi connectivity index (χ1v) is 9.17. The summed E-state index contributed by atoms with van der Waals surface area (Å²) in [7, 11) is 0. The molecule has 0 saturated carbocycles. The van der Waals surface area contributed by atoms with Crippen molar-refractivity contribution in [2.75, 3.05) is 12.3 Å². The molecule has 0 atom stereocenters. The standard InChI is InChI=1S/C20H25NOS/c1-15-8-9-17(3)19(12-15)13-20(22)21-10-11-23-14-18-7-5-4-6-16(18)2/h4-9,12H,10-11,13-14H2,1-3H3,(H,21,22). The fourth-order valence-corrected chi connectivity index (χ4v) is 3.38. The van der Waals surface area contributed by atoms with E-state index in [1.54, 1.807) is 0 Å². The van der Waals surface area contributed by atoms with Crippen LogP contribution in [0.15, 0.2) is 42.5 Å². The summed E-state index contributed by atoms with van der Waals surface area (Å²) in [6, 6.07) is 14.7. The summed E-state index contributed by atoms with van der Waals surface area (Å²) in [5, 5.41) is 3.02. The van der Waals surface area contributed by atoms with Gasteiger partial charge in [0.1, 0.15) is 0 Å². The van der Waals surface area contributed by atoms with Gasteiger partial charge in [0.05, 0.1) is 6.42 Å². The van der Waals surface area contributed by atoms with Crippen molar-refractivity contribution in [3.8, 4) is 0 Å². The monoisotopic (exact) mass is 327 g/mol. The number of rotatable bonds is 7. The molecule has 2 aromatic rings.